The first-order valence-corrected chi connectivity index (χ1v) is 4.93. The first kappa shape index (κ1) is 10.2. The lowest BCUT2D eigenvalue weighted by Gasteiger charge is -2.06. The Kier molecular flexibility index (Phi) is 3.43. The van der Waals surface area contributed by atoms with E-state index in [-0.39, 0.29) is 0 Å². The highest BCUT2D eigenvalue weighted by Gasteiger charge is 2.04. The van der Waals surface area contributed by atoms with Gasteiger partial charge >= 0.3 is 0 Å². The predicted octanol–water partition coefficient (Wildman–Crippen LogP) is 3.99. The van der Waals surface area contributed by atoms with Gasteiger partial charge < -0.3 is 0 Å². The molecule has 0 unspecified atom stereocenters. The van der Waals surface area contributed by atoms with Crippen molar-refractivity contribution in [3.05, 3.63) is 34.3 Å². The van der Waals surface area contributed by atoms with E-state index in [0.717, 1.165) is 22.1 Å². The summed E-state index contributed by atoms with van der Waals surface area (Å²) in [5.41, 5.74) is 3.17. The molecule has 0 aromatic heterocycles. The van der Waals surface area contributed by atoms with Crippen LogP contribution < -0.4 is 0 Å². The van der Waals surface area contributed by atoms with Crippen LogP contribution in [0.2, 0.25) is 0 Å². The van der Waals surface area contributed by atoms with E-state index in [4.69, 9.17) is 0 Å². The van der Waals surface area contributed by atoms with Gasteiger partial charge in [-0.15, -0.1) is 0 Å². The molecule has 0 aliphatic carbocycles. The average molecular weight is 238 g/mol. The number of halogens is 1. The monoisotopic (exact) mass is 237 g/mol. The summed E-state index contributed by atoms with van der Waals surface area (Å²) in [6.07, 6.45) is 2.81. The summed E-state index contributed by atoms with van der Waals surface area (Å²) in [5.74, 6) is 0. The molecule has 1 aromatic carbocycles. The van der Waals surface area contributed by atoms with Gasteiger partial charge in [-0.05, 0) is 46.8 Å². The molecular weight excluding hydrogens is 226 g/mol. The van der Waals surface area contributed by atoms with Crippen LogP contribution in [0.4, 0.5) is 5.69 Å². The summed E-state index contributed by atoms with van der Waals surface area (Å²) in [6.45, 7) is 9.40. The Bertz CT molecular complexity index is 342. The summed E-state index contributed by atoms with van der Waals surface area (Å²) in [6, 6.07) is 4.15. The zero-order valence-electron chi connectivity index (χ0n) is 7.68. The van der Waals surface area contributed by atoms with Gasteiger partial charge in [-0.1, -0.05) is 19.6 Å². The molecule has 13 heavy (non-hydrogen) atoms. The first-order chi connectivity index (χ1) is 6.22. The summed E-state index contributed by atoms with van der Waals surface area (Å²) < 4.78 is 0.983. The number of nitrogens with zero attached hydrogens (tertiary/aromatic N) is 1. The number of aliphatic imine (C=N–C) groups is 1. The number of rotatable bonds is 3. The summed E-state index contributed by atoms with van der Waals surface area (Å²) >= 11 is 3.46. The molecule has 68 valence electrons. The highest BCUT2D eigenvalue weighted by atomic mass is 79.9. The van der Waals surface area contributed by atoms with Crippen LogP contribution in [0, 0.1) is 0 Å². The second-order valence-corrected chi connectivity index (χ2v) is 3.59. The zero-order chi connectivity index (χ0) is 9.84. The predicted molar refractivity (Wildman–Crippen MR) is 62.8 cm³/mol. The third-order valence-corrected chi connectivity index (χ3v) is 2.54. The van der Waals surface area contributed by atoms with Crippen molar-refractivity contribution in [2.24, 2.45) is 4.99 Å². The largest absolute Gasteiger partial charge is 0.263 e. The van der Waals surface area contributed by atoms with Crippen LogP contribution in [0.5, 0.6) is 0 Å². The molecule has 0 aliphatic heterocycles. The van der Waals surface area contributed by atoms with Crippen LogP contribution in [0.15, 0.2) is 28.2 Å². The smallest absolute Gasteiger partial charge is 0.0836 e. The Labute approximate surface area is 87.3 Å². The van der Waals surface area contributed by atoms with E-state index in [1.54, 1.807) is 6.08 Å². The van der Waals surface area contributed by atoms with E-state index in [1.807, 2.05) is 0 Å². The molecule has 0 atom stereocenters. The second kappa shape index (κ2) is 4.38. The van der Waals surface area contributed by atoms with Gasteiger partial charge in [-0.3, -0.25) is 4.99 Å². The van der Waals surface area contributed by atoms with Gasteiger partial charge in [0.15, 0.2) is 0 Å². The van der Waals surface area contributed by atoms with Crippen molar-refractivity contribution >= 4 is 34.4 Å². The fourth-order valence-corrected chi connectivity index (χ4v) is 1.85. The third-order valence-electron chi connectivity index (χ3n) is 1.94. The Morgan fingerprint density at radius 2 is 2.23 bits per heavy atom. The van der Waals surface area contributed by atoms with Crippen LogP contribution in [0.3, 0.4) is 0 Å². The van der Waals surface area contributed by atoms with Crippen LogP contribution in [0.25, 0.3) is 6.08 Å². The van der Waals surface area contributed by atoms with Gasteiger partial charge in [0, 0.05) is 10.0 Å². The van der Waals surface area contributed by atoms with Crippen LogP contribution in [-0.4, -0.2) is 6.72 Å². The molecule has 0 N–H and O–H groups in total. The van der Waals surface area contributed by atoms with Gasteiger partial charge in [0.25, 0.3) is 0 Å². The normalized spacial score (nSPS) is 9.69. The summed E-state index contributed by atoms with van der Waals surface area (Å²) in [7, 11) is 0. The maximum Gasteiger partial charge on any atom is 0.0836 e. The molecule has 0 radical (unpaired) electrons. The molecular formula is C11H12BrN. The van der Waals surface area contributed by atoms with Crippen molar-refractivity contribution in [3.8, 4) is 0 Å². The van der Waals surface area contributed by atoms with Gasteiger partial charge in [0.05, 0.1) is 5.69 Å². The maximum absolute atomic E-state index is 3.95. The molecule has 1 rings (SSSR count). The van der Waals surface area contributed by atoms with Crippen LogP contribution in [0.1, 0.15) is 18.1 Å². The van der Waals surface area contributed by atoms with E-state index < -0.39 is 0 Å². The second-order valence-electron chi connectivity index (χ2n) is 2.73. The number of aryl methyl sites for hydroxylation is 1. The lowest BCUT2D eigenvalue weighted by molar-refractivity contribution is 1.13. The fourth-order valence-electron chi connectivity index (χ4n) is 1.21. The molecule has 0 saturated heterocycles. The third kappa shape index (κ3) is 2.07. The van der Waals surface area contributed by atoms with Crippen LogP contribution in [-0.2, 0) is 6.42 Å². The highest BCUT2D eigenvalue weighted by Crippen LogP contribution is 2.31. The summed E-state index contributed by atoms with van der Waals surface area (Å²) in [4.78, 5) is 3.95. The molecule has 0 spiro atoms. The molecule has 1 aromatic rings. The Morgan fingerprint density at radius 1 is 1.54 bits per heavy atom. The molecule has 0 fully saturated rings. The van der Waals surface area contributed by atoms with Crippen molar-refractivity contribution < 1.29 is 0 Å². The minimum Gasteiger partial charge on any atom is -0.263 e. The van der Waals surface area contributed by atoms with Crippen molar-refractivity contribution in [2.75, 3.05) is 0 Å². The molecule has 0 bridgehead atoms. The Hall–Kier alpha value is -0.890. The maximum atomic E-state index is 3.95. The van der Waals surface area contributed by atoms with Crippen molar-refractivity contribution in [1.82, 2.24) is 0 Å². The number of hydrogen-bond donors (Lipinski definition) is 0. The van der Waals surface area contributed by atoms with Crippen molar-refractivity contribution in [1.29, 1.82) is 0 Å². The average Bonchev–Trinajstić information content (AvgIpc) is 2.16. The van der Waals surface area contributed by atoms with E-state index in [0.29, 0.717) is 0 Å². The number of benzene rings is 1. The van der Waals surface area contributed by atoms with Crippen molar-refractivity contribution in [2.45, 2.75) is 13.3 Å². The lowest BCUT2D eigenvalue weighted by atomic mass is 10.1. The molecule has 0 aliphatic rings. The molecule has 0 amide bonds. The number of hydrogen-bond acceptors (Lipinski definition) is 1. The van der Waals surface area contributed by atoms with E-state index in [2.05, 4.69) is 53.3 Å². The zero-order valence-corrected chi connectivity index (χ0v) is 9.26. The standard InChI is InChI=1S/C11H12BrN/c1-4-8-6-9(5-2)11(13-3)10(12)7-8/h5-7H,2-4H2,1H3. The van der Waals surface area contributed by atoms with Gasteiger partial charge in [0.1, 0.15) is 0 Å². The highest BCUT2D eigenvalue weighted by molar-refractivity contribution is 9.10. The SMILES string of the molecule is C=Cc1cc(CC)cc(Br)c1N=C. The van der Waals surface area contributed by atoms with E-state index in [9.17, 15) is 0 Å². The lowest BCUT2D eigenvalue weighted by Crippen LogP contribution is -1.84. The first-order valence-electron chi connectivity index (χ1n) is 4.14. The Morgan fingerprint density at radius 3 is 2.69 bits per heavy atom. The van der Waals surface area contributed by atoms with E-state index in [1.165, 1.54) is 5.56 Å². The quantitative estimate of drug-likeness (QED) is 0.706. The van der Waals surface area contributed by atoms with Crippen LogP contribution >= 0.6 is 15.9 Å². The minimum absolute atomic E-state index is 0.868. The van der Waals surface area contributed by atoms with Crippen molar-refractivity contribution in [3.63, 3.8) is 0 Å². The Balaban J connectivity index is 3.36. The molecule has 0 saturated carbocycles. The molecule has 1 nitrogen and oxygen atoms in total. The van der Waals surface area contributed by atoms with Gasteiger partial charge in [0.2, 0.25) is 0 Å². The molecule has 0 heterocycles. The van der Waals surface area contributed by atoms with E-state index >= 15 is 0 Å². The minimum atomic E-state index is 0.868. The van der Waals surface area contributed by atoms with Gasteiger partial charge in [-0.25, -0.2) is 0 Å². The molecule has 2 heteroatoms. The van der Waals surface area contributed by atoms with Gasteiger partial charge in [-0.2, -0.15) is 0 Å². The topological polar surface area (TPSA) is 12.4 Å². The fraction of sp³-hybridized carbons (Fsp3) is 0.182. The summed E-state index contributed by atoms with van der Waals surface area (Å²) in [5, 5.41) is 0.